The highest BCUT2D eigenvalue weighted by molar-refractivity contribution is 6.99. The van der Waals surface area contributed by atoms with Gasteiger partial charge in [-0.25, -0.2) is 0 Å². The first kappa shape index (κ1) is 21.9. The van der Waals surface area contributed by atoms with E-state index in [9.17, 15) is 5.11 Å². The second-order valence-corrected chi connectivity index (χ2v) is 13.2. The lowest BCUT2D eigenvalue weighted by atomic mass is 9.96. The van der Waals surface area contributed by atoms with Crippen molar-refractivity contribution in [3.05, 3.63) is 60.7 Å². The maximum absolute atomic E-state index is 9.32. The molecule has 27 heavy (non-hydrogen) atoms. The van der Waals surface area contributed by atoms with Crippen molar-refractivity contribution in [1.82, 2.24) is 0 Å². The summed E-state index contributed by atoms with van der Waals surface area (Å²) in [5.74, 6) is 0.901. The lowest BCUT2D eigenvalue weighted by Gasteiger charge is -2.43. The molecular weight excluding hydrogens is 348 g/mol. The van der Waals surface area contributed by atoms with Crippen molar-refractivity contribution in [3.8, 4) is 0 Å². The summed E-state index contributed by atoms with van der Waals surface area (Å²) in [5, 5.41) is 12.0. The van der Waals surface area contributed by atoms with Crippen LogP contribution < -0.4 is 10.4 Å². The molecule has 0 saturated carbocycles. The molecule has 0 aliphatic rings. The molecule has 0 unspecified atom stereocenters. The minimum absolute atomic E-state index is 0.0251. The summed E-state index contributed by atoms with van der Waals surface area (Å²) in [7, 11) is -2.41. The van der Waals surface area contributed by atoms with Crippen molar-refractivity contribution in [1.29, 1.82) is 0 Å². The van der Waals surface area contributed by atoms with Gasteiger partial charge in [0.2, 0.25) is 0 Å². The molecule has 0 aliphatic carbocycles. The highest BCUT2D eigenvalue weighted by Crippen LogP contribution is 2.37. The molecule has 0 fully saturated rings. The Kier molecular flexibility index (Phi) is 7.84. The maximum atomic E-state index is 9.32. The summed E-state index contributed by atoms with van der Waals surface area (Å²) < 4.78 is 6.93. The third-order valence-electron chi connectivity index (χ3n) is 5.46. The second kappa shape index (κ2) is 9.68. The third kappa shape index (κ3) is 5.31. The Hall–Kier alpha value is -1.42. The van der Waals surface area contributed by atoms with E-state index in [1.54, 1.807) is 0 Å². The molecule has 0 bridgehead atoms. The van der Waals surface area contributed by atoms with Crippen LogP contribution in [0.5, 0.6) is 0 Å². The van der Waals surface area contributed by atoms with Gasteiger partial charge in [0.15, 0.2) is 0 Å². The molecule has 0 saturated heterocycles. The first-order valence-electron chi connectivity index (χ1n) is 10.2. The summed E-state index contributed by atoms with van der Waals surface area (Å²) in [6, 6.07) is 21.6. The fourth-order valence-corrected chi connectivity index (χ4v) is 8.63. The van der Waals surface area contributed by atoms with E-state index in [-0.39, 0.29) is 11.6 Å². The molecule has 0 heterocycles. The van der Waals surface area contributed by atoms with Crippen LogP contribution in [-0.4, -0.2) is 26.6 Å². The highest BCUT2D eigenvalue weighted by atomic mass is 28.4. The van der Waals surface area contributed by atoms with Crippen molar-refractivity contribution >= 4 is 18.7 Å². The van der Waals surface area contributed by atoms with Gasteiger partial charge < -0.3 is 9.53 Å². The number of aliphatic hydroxyl groups is 1. The monoisotopic (exact) mass is 384 g/mol. The number of aliphatic hydroxyl groups excluding tert-OH is 1. The van der Waals surface area contributed by atoms with Gasteiger partial charge in [0.1, 0.15) is 0 Å². The van der Waals surface area contributed by atoms with Gasteiger partial charge in [-0.2, -0.15) is 0 Å². The predicted octanol–water partition coefficient (Wildman–Crippen LogP) is 4.61. The topological polar surface area (TPSA) is 29.5 Å². The number of rotatable bonds is 9. The smallest absolute Gasteiger partial charge is 0.261 e. The van der Waals surface area contributed by atoms with Crippen molar-refractivity contribution < 1.29 is 9.53 Å². The first-order valence-corrected chi connectivity index (χ1v) is 12.1. The highest BCUT2D eigenvalue weighted by Gasteiger charge is 2.49. The normalized spacial score (nSPS) is 14.7. The predicted molar refractivity (Wildman–Crippen MR) is 118 cm³/mol. The fourth-order valence-electron chi connectivity index (χ4n) is 4.05. The average molecular weight is 385 g/mol. The second-order valence-electron chi connectivity index (χ2n) is 8.93. The van der Waals surface area contributed by atoms with Crippen molar-refractivity contribution in [3.63, 3.8) is 0 Å². The van der Waals surface area contributed by atoms with Gasteiger partial charge in [-0.3, -0.25) is 0 Å². The molecule has 0 spiro atoms. The molecule has 1 N–H and O–H groups in total. The molecule has 2 aromatic carbocycles. The quantitative estimate of drug-likeness (QED) is 0.640. The van der Waals surface area contributed by atoms with Gasteiger partial charge in [-0.05, 0) is 40.1 Å². The molecule has 148 valence electrons. The number of hydrogen-bond acceptors (Lipinski definition) is 2. The van der Waals surface area contributed by atoms with E-state index in [1.807, 2.05) is 0 Å². The third-order valence-corrected chi connectivity index (χ3v) is 10.5. The van der Waals surface area contributed by atoms with Gasteiger partial charge in [-0.1, -0.05) is 95.3 Å². The van der Waals surface area contributed by atoms with Crippen LogP contribution >= 0.6 is 0 Å². The van der Waals surface area contributed by atoms with E-state index in [0.29, 0.717) is 11.8 Å². The van der Waals surface area contributed by atoms with Crippen LogP contribution in [0.25, 0.3) is 0 Å². The molecule has 2 nitrogen and oxygen atoms in total. The Morgan fingerprint density at radius 3 is 1.74 bits per heavy atom. The minimum Gasteiger partial charge on any atom is -0.407 e. The van der Waals surface area contributed by atoms with Crippen LogP contribution in [0, 0.1) is 11.8 Å². The molecule has 0 aromatic heterocycles. The zero-order valence-electron chi connectivity index (χ0n) is 17.6. The van der Waals surface area contributed by atoms with Crippen molar-refractivity contribution in [2.75, 3.05) is 13.2 Å². The van der Waals surface area contributed by atoms with Crippen LogP contribution in [-0.2, 0) is 4.43 Å². The Bertz CT molecular complexity index is 624. The van der Waals surface area contributed by atoms with E-state index < -0.39 is 8.32 Å². The molecule has 2 aromatic rings. The van der Waals surface area contributed by atoms with Crippen molar-refractivity contribution in [2.24, 2.45) is 11.8 Å². The molecule has 3 heteroatoms. The first-order chi connectivity index (χ1) is 12.8. The van der Waals surface area contributed by atoms with E-state index in [2.05, 4.69) is 95.3 Å². The maximum Gasteiger partial charge on any atom is 0.261 e. The lowest BCUT2D eigenvalue weighted by Crippen LogP contribution is -2.66. The van der Waals surface area contributed by atoms with E-state index in [4.69, 9.17) is 4.43 Å². The Labute approximate surface area is 166 Å². The van der Waals surface area contributed by atoms with E-state index in [1.165, 1.54) is 10.4 Å². The summed E-state index contributed by atoms with van der Waals surface area (Å²) in [6.45, 7) is 12.3. The van der Waals surface area contributed by atoms with E-state index in [0.717, 1.165) is 19.4 Å². The Morgan fingerprint density at radius 2 is 1.33 bits per heavy atom. The van der Waals surface area contributed by atoms with Crippen LogP contribution in [0.3, 0.4) is 0 Å². The van der Waals surface area contributed by atoms with Crippen LogP contribution in [0.1, 0.15) is 47.5 Å². The van der Waals surface area contributed by atoms with Gasteiger partial charge in [-0.15, -0.1) is 0 Å². The zero-order chi connectivity index (χ0) is 19.9. The van der Waals surface area contributed by atoms with Gasteiger partial charge >= 0.3 is 0 Å². The lowest BCUT2D eigenvalue weighted by molar-refractivity contribution is 0.200. The van der Waals surface area contributed by atoms with Gasteiger partial charge in [0.05, 0.1) is 0 Å². The Morgan fingerprint density at radius 1 is 0.852 bits per heavy atom. The van der Waals surface area contributed by atoms with Crippen LogP contribution in [0.2, 0.25) is 5.04 Å². The van der Waals surface area contributed by atoms with Gasteiger partial charge in [0.25, 0.3) is 8.32 Å². The standard InChI is InChI=1S/C24H36O2Si/c1-20(18-21(2)19-25)16-17-26-27(24(3,4)5,22-12-8-6-9-13-22)23-14-10-7-11-15-23/h6-15,20-21,25H,16-19H2,1-5H3/t20-,21-/m1/s1. The molecule has 2 atom stereocenters. The SMILES string of the molecule is C[C@H](CCO[Si](c1ccccc1)(c1ccccc1)C(C)(C)C)C[C@@H](C)CO. The molecule has 0 aliphatic heterocycles. The average Bonchev–Trinajstić information content (AvgIpc) is 2.65. The van der Waals surface area contributed by atoms with Crippen LogP contribution in [0.4, 0.5) is 0 Å². The van der Waals surface area contributed by atoms with Gasteiger partial charge in [0, 0.05) is 13.2 Å². The summed E-state index contributed by atoms with van der Waals surface area (Å²) in [6.07, 6.45) is 2.06. The zero-order valence-corrected chi connectivity index (χ0v) is 18.6. The minimum atomic E-state index is -2.41. The summed E-state index contributed by atoms with van der Waals surface area (Å²) >= 11 is 0. The number of benzene rings is 2. The summed E-state index contributed by atoms with van der Waals surface area (Å²) in [5.41, 5.74) is 0. The number of hydrogen-bond donors (Lipinski definition) is 1. The fraction of sp³-hybridized carbons (Fsp3) is 0.500. The molecule has 0 radical (unpaired) electrons. The van der Waals surface area contributed by atoms with Crippen molar-refractivity contribution in [2.45, 2.75) is 52.5 Å². The molecule has 2 rings (SSSR count). The van der Waals surface area contributed by atoms with Crippen LogP contribution in [0.15, 0.2) is 60.7 Å². The summed E-state index contributed by atoms with van der Waals surface area (Å²) in [4.78, 5) is 0. The molecular formula is C24H36O2Si. The molecule has 0 amide bonds. The largest absolute Gasteiger partial charge is 0.407 e. The van der Waals surface area contributed by atoms with E-state index >= 15 is 0 Å². The Balaban J connectivity index is 2.33.